The average molecular weight is 536 g/mol. The number of rotatable bonds is 10. The Bertz CT molecular complexity index is 1120. The summed E-state index contributed by atoms with van der Waals surface area (Å²) in [6.07, 6.45) is 39.2. The van der Waals surface area contributed by atoms with Crippen LogP contribution < -0.4 is 0 Å². The van der Waals surface area contributed by atoms with E-state index in [1.165, 1.54) is 71.1 Å². The first-order chi connectivity index (χ1) is 18.8. The zero-order valence-electron chi connectivity index (χ0n) is 27.2. The van der Waals surface area contributed by atoms with Crippen molar-refractivity contribution in [2.45, 2.75) is 101 Å². The van der Waals surface area contributed by atoms with Crippen molar-refractivity contribution in [2.24, 2.45) is 10.8 Å². The van der Waals surface area contributed by atoms with Gasteiger partial charge in [-0.2, -0.15) is 5.57 Å². The maximum absolute atomic E-state index is 2.37. The second-order valence-corrected chi connectivity index (χ2v) is 13.1. The Kier molecular flexibility index (Phi) is 13.0. The molecule has 0 aromatic rings. The molecule has 0 bridgehead atoms. The van der Waals surface area contributed by atoms with Crippen LogP contribution in [0.15, 0.2) is 130 Å². The lowest BCUT2D eigenvalue weighted by atomic mass is 9.72. The summed E-state index contributed by atoms with van der Waals surface area (Å²) >= 11 is 0. The Labute approximate surface area is 247 Å². The summed E-state index contributed by atoms with van der Waals surface area (Å²) < 4.78 is 0. The quantitative estimate of drug-likeness (QED) is 0.193. The highest BCUT2D eigenvalue weighted by molar-refractivity contribution is 5.40. The molecule has 0 atom stereocenters. The highest BCUT2D eigenvalue weighted by Crippen LogP contribution is 2.41. The predicted octanol–water partition coefficient (Wildman–Crippen LogP) is 12.4. The van der Waals surface area contributed by atoms with E-state index < -0.39 is 0 Å². The molecule has 0 spiro atoms. The third kappa shape index (κ3) is 11.2. The highest BCUT2D eigenvalue weighted by Gasteiger charge is 2.26. The summed E-state index contributed by atoms with van der Waals surface area (Å²) in [5, 5.41) is 0. The third-order valence-corrected chi connectivity index (χ3v) is 8.21. The second-order valence-electron chi connectivity index (χ2n) is 13.1. The lowest BCUT2D eigenvalue weighted by Gasteiger charge is -2.41. The van der Waals surface area contributed by atoms with Gasteiger partial charge in [-0.05, 0) is 64.9 Å². The fraction of sp³-hybridized carbons (Fsp3) is 0.425. The zero-order chi connectivity index (χ0) is 29.8. The van der Waals surface area contributed by atoms with Crippen LogP contribution in [-0.4, -0.2) is 0 Å². The summed E-state index contributed by atoms with van der Waals surface area (Å²) in [5.41, 5.74) is 11.5. The topological polar surface area (TPSA) is 0 Å². The molecule has 0 heteroatoms. The van der Waals surface area contributed by atoms with Crippen LogP contribution in [0.5, 0.6) is 0 Å². The van der Waals surface area contributed by atoms with Crippen LogP contribution in [-0.2, 0) is 0 Å². The van der Waals surface area contributed by atoms with Crippen LogP contribution in [0.1, 0.15) is 101 Å². The van der Waals surface area contributed by atoms with Crippen LogP contribution >= 0.6 is 0 Å². The van der Waals surface area contributed by atoms with Crippen molar-refractivity contribution in [1.29, 1.82) is 0 Å². The first kappa shape index (κ1) is 33.2. The summed E-state index contributed by atoms with van der Waals surface area (Å²) in [6, 6.07) is 0. The first-order valence-corrected chi connectivity index (χ1v) is 15.1. The van der Waals surface area contributed by atoms with Gasteiger partial charge in [0, 0.05) is 0 Å². The maximum Gasteiger partial charge on any atom is -0.0104 e. The van der Waals surface area contributed by atoms with E-state index >= 15 is 0 Å². The second kappa shape index (κ2) is 15.7. The molecule has 216 valence electrons. The lowest BCUT2D eigenvalue weighted by Crippen LogP contribution is -2.19. The summed E-state index contributed by atoms with van der Waals surface area (Å²) in [7, 11) is 0. The summed E-state index contributed by atoms with van der Waals surface area (Å²) in [4.78, 5) is 0. The molecule has 40 heavy (non-hydrogen) atoms. The molecule has 0 N–H and O–H groups in total. The largest absolute Gasteiger partial charge is 0.227 e. The average Bonchev–Trinajstić information content (AvgIpc) is 2.85. The monoisotopic (exact) mass is 535 g/mol. The zero-order valence-corrected chi connectivity index (χ0v) is 27.2. The Morgan fingerprint density at radius 1 is 0.600 bits per heavy atom. The SMILES string of the molecule is CC1=C(/C=C/C(C)=C/C=C/C(C)=C/C=C/C=C(C)/C=C/C=C(C)/C=C/C2=C(C)CCCC2(C)C)C(C)(C)CC[CH-]1. The molecule has 0 unspecified atom stereocenters. The van der Waals surface area contributed by atoms with Crippen molar-refractivity contribution in [3.05, 3.63) is 136 Å². The molecule has 0 radical (unpaired) electrons. The van der Waals surface area contributed by atoms with Crippen molar-refractivity contribution in [2.75, 3.05) is 0 Å². The van der Waals surface area contributed by atoms with Gasteiger partial charge in [-0.15, -0.1) is 12.5 Å². The van der Waals surface area contributed by atoms with Crippen molar-refractivity contribution in [3.8, 4) is 0 Å². The fourth-order valence-electron chi connectivity index (χ4n) is 5.57. The van der Waals surface area contributed by atoms with Gasteiger partial charge < -0.3 is 0 Å². The molecule has 2 aliphatic carbocycles. The molecule has 2 rings (SSSR count). The van der Waals surface area contributed by atoms with Gasteiger partial charge in [0.1, 0.15) is 0 Å². The normalized spacial score (nSPS) is 21.8. The van der Waals surface area contributed by atoms with E-state index in [4.69, 9.17) is 0 Å². The van der Waals surface area contributed by atoms with Gasteiger partial charge in [0.15, 0.2) is 0 Å². The molecule has 0 aromatic heterocycles. The van der Waals surface area contributed by atoms with E-state index in [0.29, 0.717) is 5.41 Å². The van der Waals surface area contributed by atoms with Crippen molar-refractivity contribution >= 4 is 0 Å². The molecule has 0 amide bonds. The first-order valence-electron chi connectivity index (χ1n) is 15.1. The van der Waals surface area contributed by atoms with Crippen LogP contribution in [0.4, 0.5) is 0 Å². The number of allylic oxidation sites excluding steroid dienone is 22. The van der Waals surface area contributed by atoms with Crippen LogP contribution in [0.2, 0.25) is 0 Å². The van der Waals surface area contributed by atoms with E-state index in [1.54, 1.807) is 5.57 Å². The standard InChI is InChI=1S/C40H55/c1-31(19-13-21-33(3)25-27-37-35(5)23-15-29-39(37,7)8)17-11-12-18-32(2)20-14-22-34(4)26-28-38-36(6)24-16-30-40(38,9)10/h11-14,17-23,25-28H,15-16,24,29-30H2,1-10H3/q-1/b12-11+,19-13+,20-14+,27-25+,28-26+,31-17+,32-18+,33-21+,34-22+. The Morgan fingerprint density at radius 3 is 1.55 bits per heavy atom. The molecule has 0 saturated carbocycles. The van der Waals surface area contributed by atoms with Crippen molar-refractivity contribution in [1.82, 2.24) is 0 Å². The smallest absolute Gasteiger partial charge is 0.0104 e. The molecule has 0 saturated heterocycles. The van der Waals surface area contributed by atoms with E-state index in [-0.39, 0.29) is 5.41 Å². The highest BCUT2D eigenvalue weighted by atomic mass is 14.3. The molecule has 0 heterocycles. The Morgan fingerprint density at radius 2 is 1.05 bits per heavy atom. The third-order valence-electron chi connectivity index (χ3n) is 8.21. The van der Waals surface area contributed by atoms with Gasteiger partial charge in [-0.3, -0.25) is 0 Å². The van der Waals surface area contributed by atoms with Gasteiger partial charge in [0.05, 0.1) is 0 Å². The minimum absolute atomic E-state index is 0.260. The lowest BCUT2D eigenvalue weighted by molar-refractivity contribution is 0.377. The predicted molar refractivity (Wildman–Crippen MR) is 181 cm³/mol. The summed E-state index contributed by atoms with van der Waals surface area (Å²) in [6.45, 7) is 22.6. The molecular formula is C40H55-. The van der Waals surface area contributed by atoms with E-state index in [2.05, 4.69) is 161 Å². The number of hydrogen-bond donors (Lipinski definition) is 0. The minimum atomic E-state index is 0.260. The van der Waals surface area contributed by atoms with Crippen LogP contribution in [0, 0.1) is 17.3 Å². The van der Waals surface area contributed by atoms with Gasteiger partial charge in [0.2, 0.25) is 0 Å². The Balaban J connectivity index is 1.89. The fourth-order valence-corrected chi connectivity index (χ4v) is 5.57. The Hall–Kier alpha value is -2.99. The minimum Gasteiger partial charge on any atom is -0.227 e. The molecule has 2 aliphatic rings. The number of hydrogen-bond acceptors (Lipinski definition) is 0. The van der Waals surface area contributed by atoms with E-state index in [1.807, 2.05) is 0 Å². The van der Waals surface area contributed by atoms with Gasteiger partial charge in [-0.25, -0.2) is 12.0 Å². The molecule has 0 fully saturated rings. The van der Waals surface area contributed by atoms with Gasteiger partial charge in [-0.1, -0.05) is 153 Å². The molecule has 0 aromatic carbocycles. The molecule has 0 aliphatic heterocycles. The van der Waals surface area contributed by atoms with E-state index in [0.717, 1.165) is 0 Å². The van der Waals surface area contributed by atoms with Crippen LogP contribution in [0.25, 0.3) is 0 Å². The summed E-state index contributed by atoms with van der Waals surface area (Å²) in [5.74, 6) is 0. The van der Waals surface area contributed by atoms with E-state index in [9.17, 15) is 0 Å². The van der Waals surface area contributed by atoms with Crippen molar-refractivity contribution < 1.29 is 0 Å². The van der Waals surface area contributed by atoms with Crippen molar-refractivity contribution in [3.63, 3.8) is 0 Å². The van der Waals surface area contributed by atoms with Crippen LogP contribution in [0.3, 0.4) is 0 Å². The molecular weight excluding hydrogens is 480 g/mol. The molecule has 0 nitrogen and oxygen atoms in total. The maximum atomic E-state index is 2.37. The van der Waals surface area contributed by atoms with Gasteiger partial charge in [0.25, 0.3) is 0 Å². The van der Waals surface area contributed by atoms with Gasteiger partial charge >= 0.3 is 0 Å².